The maximum atomic E-state index is 12.9. The van der Waals surface area contributed by atoms with Crippen LogP contribution >= 0.6 is 0 Å². The van der Waals surface area contributed by atoms with Gasteiger partial charge in [-0.05, 0) is 31.1 Å². The summed E-state index contributed by atoms with van der Waals surface area (Å²) in [6, 6.07) is 19.6. The van der Waals surface area contributed by atoms with E-state index < -0.39 is 0 Å². The number of aromatic amines is 1. The van der Waals surface area contributed by atoms with Gasteiger partial charge in [0.15, 0.2) is 5.82 Å². The van der Waals surface area contributed by atoms with E-state index in [1.165, 1.54) is 0 Å². The highest BCUT2D eigenvalue weighted by Gasteiger charge is 2.31. The normalized spacial score (nSPS) is 16.3. The molecule has 1 aliphatic heterocycles. The maximum Gasteiger partial charge on any atom is 0.247 e. The van der Waals surface area contributed by atoms with Crippen LogP contribution in [0.4, 0.5) is 0 Å². The van der Waals surface area contributed by atoms with E-state index in [0.29, 0.717) is 12.4 Å². The van der Waals surface area contributed by atoms with Gasteiger partial charge in [-0.3, -0.25) is 9.89 Å². The molecule has 1 atom stereocenters. The smallest absolute Gasteiger partial charge is 0.247 e. The Morgan fingerprint density at radius 2 is 1.84 bits per heavy atom. The van der Waals surface area contributed by atoms with Gasteiger partial charge < -0.3 is 4.90 Å². The number of rotatable bonds is 5. The largest absolute Gasteiger partial charge is 0.329 e. The Morgan fingerprint density at radius 3 is 2.65 bits per heavy atom. The minimum Gasteiger partial charge on any atom is -0.329 e. The average molecular weight is 410 g/mol. The Morgan fingerprint density at radius 1 is 1.06 bits per heavy atom. The number of nitrogens with one attached hydrogen (secondary N) is 1. The number of benzene rings is 2. The lowest BCUT2D eigenvalue weighted by Crippen LogP contribution is -2.29. The Labute approximate surface area is 180 Å². The highest BCUT2D eigenvalue weighted by molar-refractivity contribution is 5.92. The fourth-order valence-corrected chi connectivity index (χ4v) is 3.86. The molecule has 1 amide bonds. The van der Waals surface area contributed by atoms with E-state index in [-0.39, 0.29) is 11.9 Å². The molecule has 154 valence electrons. The van der Waals surface area contributed by atoms with Crippen LogP contribution in [-0.4, -0.2) is 42.3 Å². The zero-order valence-corrected chi connectivity index (χ0v) is 16.9. The lowest BCUT2D eigenvalue weighted by Gasteiger charge is -2.21. The molecule has 0 saturated carbocycles. The lowest BCUT2D eigenvalue weighted by atomic mass is 10.2. The summed E-state index contributed by atoms with van der Waals surface area (Å²) in [7, 11) is 0. The lowest BCUT2D eigenvalue weighted by molar-refractivity contribution is -0.127. The van der Waals surface area contributed by atoms with E-state index in [4.69, 9.17) is 0 Å². The third kappa shape index (κ3) is 4.02. The van der Waals surface area contributed by atoms with E-state index >= 15 is 0 Å². The average Bonchev–Trinajstić information content (AvgIpc) is 3.59. The van der Waals surface area contributed by atoms with E-state index in [1.807, 2.05) is 71.8 Å². The Balaban J connectivity index is 1.29. The van der Waals surface area contributed by atoms with Crippen molar-refractivity contribution in [3.63, 3.8) is 0 Å². The Kier molecular flexibility index (Phi) is 5.14. The van der Waals surface area contributed by atoms with E-state index in [0.717, 1.165) is 35.5 Å². The predicted molar refractivity (Wildman–Crippen MR) is 118 cm³/mol. The van der Waals surface area contributed by atoms with Gasteiger partial charge in [0.25, 0.3) is 0 Å². The summed E-state index contributed by atoms with van der Waals surface area (Å²) in [5, 5.41) is 11.8. The summed E-state index contributed by atoms with van der Waals surface area (Å²) < 4.78 is 1.79. The second kappa shape index (κ2) is 8.39. The molecule has 1 fully saturated rings. The minimum atomic E-state index is -0.0887. The number of carbonyl (C=O) groups excluding carboxylic acids is 1. The molecule has 0 aliphatic carbocycles. The number of aromatic nitrogens is 5. The number of hydrogen-bond acceptors (Lipinski definition) is 4. The molecule has 7 heteroatoms. The molecule has 5 rings (SSSR count). The first-order chi connectivity index (χ1) is 15.3. The van der Waals surface area contributed by atoms with Crippen LogP contribution in [0.25, 0.3) is 23.2 Å². The number of H-pyrrole nitrogens is 1. The molecule has 1 aliphatic rings. The molecule has 2 aromatic carbocycles. The molecular weight excluding hydrogens is 388 g/mol. The number of hydrogen-bond donors (Lipinski definition) is 1. The third-order valence-electron chi connectivity index (χ3n) is 5.43. The van der Waals surface area contributed by atoms with Gasteiger partial charge in [0.05, 0.1) is 17.9 Å². The summed E-state index contributed by atoms with van der Waals surface area (Å²) in [4.78, 5) is 19.4. The van der Waals surface area contributed by atoms with Crippen molar-refractivity contribution in [3.05, 3.63) is 90.5 Å². The van der Waals surface area contributed by atoms with Crippen LogP contribution in [0.5, 0.6) is 0 Å². The predicted octanol–water partition coefficient (Wildman–Crippen LogP) is 4.03. The Hall–Kier alpha value is -4.00. The quantitative estimate of drug-likeness (QED) is 0.504. The van der Waals surface area contributed by atoms with Gasteiger partial charge in [-0.2, -0.15) is 10.2 Å². The van der Waals surface area contributed by atoms with Gasteiger partial charge >= 0.3 is 0 Å². The molecule has 0 spiro atoms. The number of nitrogens with zero attached hydrogens (tertiary/aromatic N) is 5. The highest BCUT2D eigenvalue weighted by atomic mass is 16.2. The van der Waals surface area contributed by atoms with Crippen molar-refractivity contribution in [2.75, 3.05) is 6.54 Å². The zero-order chi connectivity index (χ0) is 21.0. The standard InChI is InChI=1S/C24H22N6O/c31-22(14-13-18-16-25-30(17-18)20-10-5-2-6-11-20)29-15-7-12-21(29)24-26-23(27-28-24)19-8-3-1-4-9-19/h1-6,8-11,13-14,16-17,21H,7,12,15H2,(H,26,27,28). The molecule has 7 nitrogen and oxygen atoms in total. The van der Waals surface area contributed by atoms with Crippen LogP contribution in [0.1, 0.15) is 30.3 Å². The van der Waals surface area contributed by atoms with Crippen molar-refractivity contribution < 1.29 is 4.79 Å². The molecule has 31 heavy (non-hydrogen) atoms. The summed E-state index contributed by atoms with van der Waals surface area (Å²) in [6.45, 7) is 0.707. The van der Waals surface area contributed by atoms with Gasteiger partial charge in [-0.15, -0.1) is 0 Å². The first-order valence-electron chi connectivity index (χ1n) is 10.3. The van der Waals surface area contributed by atoms with Crippen molar-refractivity contribution in [2.45, 2.75) is 18.9 Å². The van der Waals surface area contributed by atoms with Gasteiger partial charge in [-0.25, -0.2) is 9.67 Å². The fraction of sp³-hybridized carbons (Fsp3) is 0.167. The van der Waals surface area contributed by atoms with Crippen LogP contribution < -0.4 is 0 Å². The minimum absolute atomic E-state index is 0.0346. The maximum absolute atomic E-state index is 12.9. The molecule has 2 aromatic heterocycles. The van der Waals surface area contributed by atoms with Crippen LogP contribution in [-0.2, 0) is 4.79 Å². The topological polar surface area (TPSA) is 79.7 Å². The molecule has 0 bridgehead atoms. The summed E-state index contributed by atoms with van der Waals surface area (Å²) in [6.07, 6.45) is 8.88. The van der Waals surface area contributed by atoms with Crippen molar-refractivity contribution in [1.82, 2.24) is 29.9 Å². The van der Waals surface area contributed by atoms with Gasteiger partial charge in [0.1, 0.15) is 5.82 Å². The fourth-order valence-electron chi connectivity index (χ4n) is 3.86. The number of likely N-dealkylation sites (tertiary alicyclic amines) is 1. The van der Waals surface area contributed by atoms with E-state index in [1.54, 1.807) is 23.0 Å². The molecule has 1 N–H and O–H groups in total. The third-order valence-corrected chi connectivity index (χ3v) is 5.43. The van der Waals surface area contributed by atoms with E-state index in [9.17, 15) is 4.79 Å². The molecule has 0 radical (unpaired) electrons. The van der Waals surface area contributed by atoms with Crippen molar-refractivity contribution in [3.8, 4) is 17.1 Å². The van der Waals surface area contributed by atoms with Crippen LogP contribution in [0.3, 0.4) is 0 Å². The van der Waals surface area contributed by atoms with Crippen LogP contribution in [0, 0.1) is 0 Å². The first-order valence-corrected chi connectivity index (χ1v) is 10.3. The summed E-state index contributed by atoms with van der Waals surface area (Å²) >= 11 is 0. The molecule has 1 unspecified atom stereocenters. The van der Waals surface area contributed by atoms with Crippen LogP contribution in [0.15, 0.2) is 79.1 Å². The van der Waals surface area contributed by atoms with Gasteiger partial charge in [0.2, 0.25) is 5.91 Å². The number of carbonyl (C=O) groups is 1. The second-order valence-electron chi connectivity index (χ2n) is 7.49. The van der Waals surface area contributed by atoms with Crippen molar-refractivity contribution >= 4 is 12.0 Å². The molecule has 1 saturated heterocycles. The first kappa shape index (κ1) is 19.0. The van der Waals surface area contributed by atoms with Crippen LogP contribution in [0.2, 0.25) is 0 Å². The number of amides is 1. The van der Waals surface area contributed by atoms with Crippen molar-refractivity contribution in [2.24, 2.45) is 0 Å². The number of para-hydroxylation sites is 1. The van der Waals surface area contributed by atoms with Gasteiger partial charge in [-0.1, -0.05) is 48.5 Å². The zero-order valence-electron chi connectivity index (χ0n) is 16.9. The van der Waals surface area contributed by atoms with Crippen molar-refractivity contribution in [1.29, 1.82) is 0 Å². The molecule has 4 aromatic rings. The highest BCUT2D eigenvalue weighted by Crippen LogP contribution is 2.31. The summed E-state index contributed by atoms with van der Waals surface area (Å²) in [5.41, 5.74) is 2.81. The Bertz CT molecular complexity index is 1200. The monoisotopic (exact) mass is 410 g/mol. The molecular formula is C24H22N6O. The SMILES string of the molecule is O=C(C=Cc1cnn(-c2ccccc2)c1)N1CCCC1c1nc(-c2ccccc2)n[nH]1. The van der Waals surface area contributed by atoms with E-state index in [2.05, 4.69) is 20.3 Å². The van der Waals surface area contributed by atoms with Gasteiger partial charge in [0, 0.05) is 29.9 Å². The second-order valence-corrected chi connectivity index (χ2v) is 7.49. The summed E-state index contributed by atoms with van der Waals surface area (Å²) in [5.74, 6) is 1.35. The molecule has 3 heterocycles.